The molecule has 1 aromatic carbocycles. The van der Waals surface area contributed by atoms with E-state index in [-0.39, 0.29) is 11.5 Å². The molecule has 0 saturated heterocycles. The van der Waals surface area contributed by atoms with Crippen LogP contribution in [-0.4, -0.2) is 24.3 Å². The largest absolute Gasteiger partial charge is 0.495 e. The summed E-state index contributed by atoms with van der Waals surface area (Å²) in [5, 5.41) is 0.770. The predicted octanol–water partition coefficient (Wildman–Crippen LogP) is 4.81. The van der Waals surface area contributed by atoms with Gasteiger partial charge in [-0.3, -0.25) is 4.79 Å². The molecule has 4 nitrogen and oxygen atoms in total. The van der Waals surface area contributed by atoms with Crippen molar-refractivity contribution in [3.8, 4) is 0 Å². The molecule has 0 saturated carbocycles. The number of ether oxygens (including phenoxy) is 2. The van der Waals surface area contributed by atoms with Crippen molar-refractivity contribution in [2.75, 3.05) is 13.2 Å². The zero-order chi connectivity index (χ0) is 19.1. The maximum Gasteiger partial charge on any atom is 0.192 e. The fraction of sp³-hybridized carbons (Fsp3) is 0.435. The number of H-pyrrole nitrogens is 1. The van der Waals surface area contributed by atoms with Crippen LogP contribution in [0.3, 0.4) is 0 Å². The lowest BCUT2D eigenvalue weighted by Gasteiger charge is -2.21. The Balaban J connectivity index is 1.45. The van der Waals surface area contributed by atoms with Crippen molar-refractivity contribution in [2.24, 2.45) is 0 Å². The fourth-order valence-electron chi connectivity index (χ4n) is 3.49. The molecule has 1 heterocycles. The molecule has 1 N–H and O–H groups in total. The second kappa shape index (κ2) is 9.56. The second-order valence-corrected chi connectivity index (χ2v) is 6.94. The molecule has 3 rings (SSSR count). The van der Waals surface area contributed by atoms with Gasteiger partial charge in [0.1, 0.15) is 11.9 Å². The van der Waals surface area contributed by atoms with Crippen molar-refractivity contribution < 1.29 is 9.47 Å². The first-order valence-corrected chi connectivity index (χ1v) is 9.92. The molecule has 0 amide bonds. The molecular formula is C23H29NO3. The van der Waals surface area contributed by atoms with Gasteiger partial charge in [0.05, 0.1) is 6.61 Å². The zero-order valence-corrected chi connectivity index (χ0v) is 16.3. The van der Waals surface area contributed by atoms with E-state index in [4.69, 9.17) is 9.47 Å². The third-order valence-corrected chi connectivity index (χ3v) is 5.02. The number of para-hydroxylation sites is 1. The second-order valence-electron chi connectivity index (χ2n) is 6.94. The van der Waals surface area contributed by atoms with Gasteiger partial charge >= 0.3 is 0 Å². The maximum atomic E-state index is 12.5. The summed E-state index contributed by atoms with van der Waals surface area (Å²) in [5.41, 5.74) is 2.96. The first-order chi connectivity index (χ1) is 13.2. The van der Waals surface area contributed by atoms with Crippen LogP contribution in [0.15, 0.2) is 53.0 Å². The van der Waals surface area contributed by atoms with Gasteiger partial charge in [-0.1, -0.05) is 30.7 Å². The molecular weight excluding hydrogens is 338 g/mol. The minimum Gasteiger partial charge on any atom is -0.495 e. The molecule has 1 aliphatic rings. The van der Waals surface area contributed by atoms with E-state index in [0.29, 0.717) is 6.61 Å². The summed E-state index contributed by atoms with van der Waals surface area (Å²) in [6, 6.07) is 7.72. The average Bonchev–Trinajstić information content (AvgIpc) is 2.69. The van der Waals surface area contributed by atoms with Crippen molar-refractivity contribution in [3.05, 3.63) is 69.7 Å². The molecule has 2 aromatic rings. The van der Waals surface area contributed by atoms with E-state index in [2.05, 4.69) is 11.1 Å². The molecule has 27 heavy (non-hydrogen) atoms. The normalized spacial score (nSPS) is 16.5. The van der Waals surface area contributed by atoms with Crippen molar-refractivity contribution in [2.45, 2.75) is 52.1 Å². The number of aromatic amines is 1. The number of fused-ring (bicyclic) bond motifs is 1. The average molecular weight is 367 g/mol. The third-order valence-electron chi connectivity index (χ3n) is 5.02. The summed E-state index contributed by atoms with van der Waals surface area (Å²) in [5.74, 6) is 0.935. The Morgan fingerprint density at radius 2 is 2.04 bits per heavy atom. The van der Waals surface area contributed by atoms with Crippen LogP contribution in [0.2, 0.25) is 0 Å². The van der Waals surface area contributed by atoms with Gasteiger partial charge < -0.3 is 14.5 Å². The standard InChI is InChI=1S/C23H29NO3/c1-3-26-21-14-8-9-15-22(21)27-16-10-4-5-12-19-17(2)23(25)18-11-6-7-13-20(18)24-19/h6-9,11,13-14,22H,3-5,10,12,15-16H2,1-2H3,(H,24,25). The van der Waals surface area contributed by atoms with Crippen LogP contribution in [0.1, 0.15) is 43.9 Å². The maximum absolute atomic E-state index is 12.5. The first-order valence-electron chi connectivity index (χ1n) is 9.92. The molecule has 1 aromatic heterocycles. The van der Waals surface area contributed by atoms with Gasteiger partial charge in [0.25, 0.3) is 0 Å². The van der Waals surface area contributed by atoms with Crippen LogP contribution in [0, 0.1) is 6.92 Å². The number of hydrogen-bond acceptors (Lipinski definition) is 3. The quantitative estimate of drug-likeness (QED) is 0.647. The summed E-state index contributed by atoms with van der Waals surface area (Å²) in [7, 11) is 0. The number of aromatic nitrogens is 1. The number of rotatable bonds is 9. The number of nitrogens with one attached hydrogen (secondary N) is 1. The lowest BCUT2D eigenvalue weighted by molar-refractivity contribution is 0.0301. The highest BCUT2D eigenvalue weighted by Crippen LogP contribution is 2.19. The Bertz CT molecular complexity index is 879. The van der Waals surface area contributed by atoms with Gasteiger partial charge in [0, 0.05) is 28.8 Å². The molecule has 1 unspecified atom stereocenters. The summed E-state index contributed by atoms with van der Waals surface area (Å²) in [6.45, 7) is 5.32. The van der Waals surface area contributed by atoms with Gasteiger partial charge in [-0.2, -0.15) is 0 Å². The summed E-state index contributed by atoms with van der Waals surface area (Å²) >= 11 is 0. The van der Waals surface area contributed by atoms with Gasteiger partial charge in [-0.15, -0.1) is 0 Å². The molecule has 1 atom stereocenters. The van der Waals surface area contributed by atoms with Crippen LogP contribution in [-0.2, 0) is 15.9 Å². The molecule has 0 spiro atoms. The van der Waals surface area contributed by atoms with E-state index in [1.54, 1.807) is 0 Å². The van der Waals surface area contributed by atoms with E-state index in [1.807, 2.05) is 50.3 Å². The zero-order valence-electron chi connectivity index (χ0n) is 16.3. The molecule has 4 heteroatoms. The lowest BCUT2D eigenvalue weighted by Crippen LogP contribution is -2.19. The highest BCUT2D eigenvalue weighted by Gasteiger charge is 2.16. The Hall–Kier alpha value is -2.33. The third kappa shape index (κ3) is 4.89. The number of aryl methyl sites for hydroxylation is 1. The Morgan fingerprint density at radius 1 is 1.19 bits per heavy atom. The smallest absolute Gasteiger partial charge is 0.192 e. The number of benzene rings is 1. The van der Waals surface area contributed by atoms with E-state index in [1.165, 1.54) is 0 Å². The highest BCUT2D eigenvalue weighted by molar-refractivity contribution is 5.79. The molecule has 0 fully saturated rings. The minimum atomic E-state index is 0.0500. The lowest BCUT2D eigenvalue weighted by atomic mass is 10.0. The molecule has 1 aliphatic carbocycles. The van der Waals surface area contributed by atoms with Gasteiger partial charge in [-0.05, 0) is 57.7 Å². The predicted molar refractivity (Wildman–Crippen MR) is 110 cm³/mol. The van der Waals surface area contributed by atoms with E-state index < -0.39 is 0 Å². The Morgan fingerprint density at radius 3 is 2.89 bits per heavy atom. The van der Waals surface area contributed by atoms with Crippen LogP contribution in [0.4, 0.5) is 0 Å². The van der Waals surface area contributed by atoms with E-state index in [0.717, 1.165) is 66.6 Å². The minimum absolute atomic E-state index is 0.0500. The van der Waals surface area contributed by atoms with E-state index in [9.17, 15) is 4.79 Å². The first kappa shape index (κ1) is 19.4. The number of hydrogen-bond donors (Lipinski definition) is 1. The van der Waals surface area contributed by atoms with Crippen LogP contribution < -0.4 is 5.43 Å². The topological polar surface area (TPSA) is 51.3 Å². The summed E-state index contributed by atoms with van der Waals surface area (Å²) in [6.07, 6.45) is 11.1. The molecule has 0 radical (unpaired) electrons. The van der Waals surface area contributed by atoms with Crippen molar-refractivity contribution in [1.29, 1.82) is 0 Å². The number of unbranched alkanes of at least 4 members (excludes halogenated alkanes) is 2. The number of pyridine rings is 1. The summed E-state index contributed by atoms with van der Waals surface area (Å²) < 4.78 is 11.6. The fourth-order valence-corrected chi connectivity index (χ4v) is 3.49. The van der Waals surface area contributed by atoms with Gasteiger partial charge in [-0.25, -0.2) is 0 Å². The van der Waals surface area contributed by atoms with Gasteiger partial charge in [0.15, 0.2) is 5.43 Å². The van der Waals surface area contributed by atoms with Gasteiger partial charge in [0.2, 0.25) is 0 Å². The number of allylic oxidation sites excluding steroid dienone is 2. The van der Waals surface area contributed by atoms with Crippen molar-refractivity contribution in [1.82, 2.24) is 4.98 Å². The van der Waals surface area contributed by atoms with Crippen LogP contribution >= 0.6 is 0 Å². The summed E-state index contributed by atoms with van der Waals surface area (Å²) in [4.78, 5) is 15.9. The Labute approximate surface area is 160 Å². The highest BCUT2D eigenvalue weighted by atomic mass is 16.5. The Kier molecular flexibility index (Phi) is 6.88. The van der Waals surface area contributed by atoms with Crippen molar-refractivity contribution >= 4 is 10.9 Å². The van der Waals surface area contributed by atoms with Crippen LogP contribution in [0.25, 0.3) is 10.9 Å². The van der Waals surface area contributed by atoms with Crippen LogP contribution in [0.5, 0.6) is 0 Å². The molecule has 0 aliphatic heterocycles. The molecule has 0 bridgehead atoms. The molecule has 144 valence electrons. The van der Waals surface area contributed by atoms with Crippen molar-refractivity contribution in [3.63, 3.8) is 0 Å². The van der Waals surface area contributed by atoms with E-state index >= 15 is 0 Å². The SMILES string of the molecule is CCOC1=CC=CCC1OCCCCCc1[nH]c2ccccc2c(=O)c1C. The monoisotopic (exact) mass is 367 g/mol.